The second kappa shape index (κ2) is 3.58. The van der Waals surface area contributed by atoms with Crippen LogP contribution in [0.5, 0.6) is 0 Å². The maximum absolute atomic E-state index is 6.07. The molecule has 1 fully saturated rings. The van der Waals surface area contributed by atoms with E-state index in [0.29, 0.717) is 5.92 Å². The zero-order valence-corrected chi connectivity index (χ0v) is 8.77. The summed E-state index contributed by atoms with van der Waals surface area (Å²) in [6, 6.07) is 4.31. The van der Waals surface area contributed by atoms with Crippen molar-refractivity contribution in [2.75, 3.05) is 19.0 Å². The van der Waals surface area contributed by atoms with E-state index in [2.05, 4.69) is 11.1 Å². The van der Waals surface area contributed by atoms with E-state index in [1.165, 1.54) is 12.8 Å². The van der Waals surface area contributed by atoms with Crippen LogP contribution in [0.4, 0.5) is 5.82 Å². The lowest BCUT2D eigenvalue weighted by atomic mass is 10.1. The highest BCUT2D eigenvalue weighted by atomic mass is 15.1. The van der Waals surface area contributed by atoms with Crippen LogP contribution in [-0.4, -0.2) is 19.1 Å². The van der Waals surface area contributed by atoms with Gasteiger partial charge in [0, 0.05) is 26.3 Å². The number of anilines is 1. The van der Waals surface area contributed by atoms with Gasteiger partial charge in [0.25, 0.3) is 0 Å². The predicted molar refractivity (Wildman–Crippen MR) is 58.2 cm³/mol. The Bertz CT molecular complexity index is 301. The molecule has 1 atom stereocenters. The fourth-order valence-electron chi connectivity index (χ4n) is 1.59. The van der Waals surface area contributed by atoms with Gasteiger partial charge < -0.3 is 10.6 Å². The quantitative estimate of drug-likeness (QED) is 0.788. The number of nitrogens with zero attached hydrogens (tertiary/aromatic N) is 2. The van der Waals surface area contributed by atoms with Gasteiger partial charge in [0.1, 0.15) is 5.82 Å². The number of nitrogens with two attached hydrogens (primary N) is 1. The predicted octanol–water partition coefficient (Wildman–Crippen LogP) is 1.56. The third-order valence-electron chi connectivity index (χ3n) is 2.74. The van der Waals surface area contributed by atoms with Gasteiger partial charge >= 0.3 is 0 Å². The Balaban J connectivity index is 2.12. The minimum atomic E-state index is 0.193. The molecule has 3 heteroatoms. The summed E-state index contributed by atoms with van der Waals surface area (Å²) in [6.07, 6.45) is 4.45. The Morgan fingerprint density at radius 2 is 2.14 bits per heavy atom. The first kappa shape index (κ1) is 9.46. The van der Waals surface area contributed by atoms with Crippen molar-refractivity contribution in [3.63, 3.8) is 0 Å². The maximum Gasteiger partial charge on any atom is 0.127 e. The van der Waals surface area contributed by atoms with Crippen molar-refractivity contribution in [1.82, 2.24) is 4.98 Å². The Morgan fingerprint density at radius 1 is 1.43 bits per heavy atom. The molecule has 0 spiro atoms. The van der Waals surface area contributed by atoms with Gasteiger partial charge in [0.05, 0.1) is 0 Å². The summed E-state index contributed by atoms with van der Waals surface area (Å²) in [4.78, 5) is 6.35. The molecule has 0 amide bonds. The molecule has 0 unspecified atom stereocenters. The molecular weight excluding hydrogens is 174 g/mol. The van der Waals surface area contributed by atoms with Crippen LogP contribution in [0.1, 0.15) is 24.4 Å². The second-order valence-electron chi connectivity index (χ2n) is 4.21. The van der Waals surface area contributed by atoms with Gasteiger partial charge in [0.2, 0.25) is 0 Å². The second-order valence-corrected chi connectivity index (χ2v) is 4.21. The Hall–Kier alpha value is -1.09. The molecule has 1 aliphatic rings. The molecule has 1 aliphatic carbocycles. The third kappa shape index (κ3) is 1.87. The number of pyridine rings is 1. The van der Waals surface area contributed by atoms with Crippen LogP contribution in [0.25, 0.3) is 0 Å². The molecule has 1 aromatic heterocycles. The molecule has 2 rings (SSSR count). The van der Waals surface area contributed by atoms with Gasteiger partial charge in [-0.15, -0.1) is 0 Å². The smallest absolute Gasteiger partial charge is 0.127 e. The van der Waals surface area contributed by atoms with Crippen molar-refractivity contribution in [1.29, 1.82) is 0 Å². The van der Waals surface area contributed by atoms with E-state index in [1.54, 1.807) is 0 Å². The van der Waals surface area contributed by atoms with Crippen LogP contribution >= 0.6 is 0 Å². The Labute approximate surface area is 84.9 Å². The van der Waals surface area contributed by atoms with Crippen molar-refractivity contribution in [2.45, 2.75) is 18.9 Å². The number of aromatic nitrogens is 1. The molecule has 0 saturated heterocycles. The number of rotatable bonds is 3. The van der Waals surface area contributed by atoms with Crippen LogP contribution in [0.2, 0.25) is 0 Å². The lowest BCUT2D eigenvalue weighted by Gasteiger charge is -2.14. The fraction of sp³-hybridized carbons (Fsp3) is 0.545. The third-order valence-corrected chi connectivity index (χ3v) is 2.74. The van der Waals surface area contributed by atoms with Gasteiger partial charge in [-0.25, -0.2) is 4.98 Å². The molecule has 0 bridgehead atoms. The van der Waals surface area contributed by atoms with Crippen molar-refractivity contribution >= 4 is 5.82 Å². The minimum absolute atomic E-state index is 0.193. The number of hydrogen-bond donors (Lipinski definition) is 1. The summed E-state index contributed by atoms with van der Waals surface area (Å²) >= 11 is 0. The summed E-state index contributed by atoms with van der Waals surface area (Å²) in [7, 11) is 3.98. The molecular formula is C11H17N3. The highest BCUT2D eigenvalue weighted by Crippen LogP contribution is 2.39. The summed E-state index contributed by atoms with van der Waals surface area (Å²) in [5, 5.41) is 0. The van der Waals surface area contributed by atoms with Crippen LogP contribution in [0, 0.1) is 5.92 Å². The molecule has 3 nitrogen and oxygen atoms in total. The summed E-state index contributed by atoms with van der Waals surface area (Å²) in [6.45, 7) is 0. The maximum atomic E-state index is 6.07. The van der Waals surface area contributed by atoms with E-state index in [-0.39, 0.29) is 6.04 Å². The van der Waals surface area contributed by atoms with E-state index in [0.717, 1.165) is 11.4 Å². The van der Waals surface area contributed by atoms with Crippen molar-refractivity contribution in [3.05, 3.63) is 23.9 Å². The van der Waals surface area contributed by atoms with E-state index < -0.39 is 0 Å². The zero-order chi connectivity index (χ0) is 10.1. The van der Waals surface area contributed by atoms with Gasteiger partial charge in [-0.05, 0) is 30.4 Å². The van der Waals surface area contributed by atoms with Gasteiger partial charge in [-0.3, -0.25) is 0 Å². The van der Waals surface area contributed by atoms with E-state index >= 15 is 0 Å². The van der Waals surface area contributed by atoms with Gasteiger partial charge in [-0.2, -0.15) is 0 Å². The zero-order valence-electron chi connectivity index (χ0n) is 8.77. The topological polar surface area (TPSA) is 42.1 Å². The minimum Gasteiger partial charge on any atom is -0.363 e. The average molecular weight is 191 g/mol. The van der Waals surface area contributed by atoms with Crippen LogP contribution in [0.15, 0.2) is 18.3 Å². The highest BCUT2D eigenvalue weighted by Gasteiger charge is 2.29. The fourth-order valence-corrected chi connectivity index (χ4v) is 1.59. The lowest BCUT2D eigenvalue weighted by molar-refractivity contribution is 0.631. The van der Waals surface area contributed by atoms with Crippen LogP contribution in [-0.2, 0) is 0 Å². The highest BCUT2D eigenvalue weighted by molar-refractivity contribution is 5.37. The summed E-state index contributed by atoms with van der Waals surface area (Å²) < 4.78 is 0. The monoisotopic (exact) mass is 191 g/mol. The lowest BCUT2D eigenvalue weighted by Crippen LogP contribution is -2.14. The molecule has 2 N–H and O–H groups in total. The number of hydrogen-bond acceptors (Lipinski definition) is 3. The summed E-state index contributed by atoms with van der Waals surface area (Å²) in [5.74, 6) is 1.68. The van der Waals surface area contributed by atoms with E-state index in [4.69, 9.17) is 5.73 Å². The molecule has 0 radical (unpaired) electrons. The van der Waals surface area contributed by atoms with Crippen LogP contribution in [0.3, 0.4) is 0 Å². The standard InChI is InChI=1S/C11H17N3/c1-14(2)10-6-5-9(7-13-10)11(12)8-3-4-8/h5-8,11H,3-4,12H2,1-2H3/t11-/m1/s1. The van der Waals surface area contributed by atoms with Gasteiger partial charge in [0.15, 0.2) is 0 Å². The molecule has 0 aromatic carbocycles. The first-order valence-electron chi connectivity index (χ1n) is 5.07. The van der Waals surface area contributed by atoms with E-state index in [1.807, 2.05) is 31.3 Å². The Kier molecular flexibility index (Phi) is 2.42. The normalized spacial score (nSPS) is 17.9. The van der Waals surface area contributed by atoms with Crippen molar-refractivity contribution in [2.24, 2.45) is 11.7 Å². The molecule has 76 valence electrons. The molecule has 1 heterocycles. The molecule has 14 heavy (non-hydrogen) atoms. The Morgan fingerprint density at radius 3 is 2.57 bits per heavy atom. The molecule has 1 aromatic rings. The average Bonchev–Trinajstić information content (AvgIpc) is 3.00. The largest absolute Gasteiger partial charge is 0.363 e. The van der Waals surface area contributed by atoms with Gasteiger partial charge in [-0.1, -0.05) is 6.07 Å². The van der Waals surface area contributed by atoms with Crippen molar-refractivity contribution in [3.8, 4) is 0 Å². The van der Waals surface area contributed by atoms with E-state index in [9.17, 15) is 0 Å². The van der Waals surface area contributed by atoms with Crippen LogP contribution < -0.4 is 10.6 Å². The first-order chi connectivity index (χ1) is 6.68. The summed E-state index contributed by atoms with van der Waals surface area (Å²) in [5.41, 5.74) is 7.24. The van der Waals surface area contributed by atoms with Crippen molar-refractivity contribution < 1.29 is 0 Å². The first-order valence-corrected chi connectivity index (χ1v) is 5.07. The molecule has 1 saturated carbocycles. The molecule has 0 aliphatic heterocycles. The SMILES string of the molecule is CN(C)c1ccc([C@H](N)C2CC2)cn1.